The number of nitrogens with one attached hydrogen (secondary N) is 2. The van der Waals surface area contributed by atoms with Gasteiger partial charge in [0.05, 0.1) is 12.3 Å². The van der Waals surface area contributed by atoms with Gasteiger partial charge >= 0.3 is 6.36 Å². The van der Waals surface area contributed by atoms with Crippen LogP contribution >= 0.6 is 0 Å². The highest BCUT2D eigenvalue weighted by molar-refractivity contribution is 5.66. The molecular weight excluding hydrogens is 397 g/mol. The number of alkyl halides is 3. The molecule has 0 spiro atoms. The van der Waals surface area contributed by atoms with Gasteiger partial charge in [-0.2, -0.15) is 4.98 Å². The molecule has 6 nitrogen and oxygen atoms in total. The topological polar surface area (TPSA) is 79.3 Å². The van der Waals surface area contributed by atoms with Gasteiger partial charge in [-0.1, -0.05) is 42.5 Å². The number of aliphatic hydroxyl groups is 1. The van der Waals surface area contributed by atoms with Crippen LogP contribution in [-0.2, 0) is 6.54 Å². The van der Waals surface area contributed by atoms with Crippen molar-refractivity contribution in [3.63, 3.8) is 0 Å². The van der Waals surface area contributed by atoms with Crippen LogP contribution in [0.3, 0.4) is 0 Å². The minimum absolute atomic E-state index is 0.130. The van der Waals surface area contributed by atoms with Gasteiger partial charge in [-0.25, -0.2) is 4.98 Å². The van der Waals surface area contributed by atoms with Gasteiger partial charge < -0.3 is 20.5 Å². The predicted octanol–water partition coefficient (Wildman–Crippen LogP) is 4.45. The number of ether oxygens (including phenoxy) is 1. The zero-order valence-corrected chi connectivity index (χ0v) is 16.1. The average molecular weight is 418 g/mol. The lowest BCUT2D eigenvalue weighted by molar-refractivity contribution is -0.274. The van der Waals surface area contributed by atoms with Crippen molar-refractivity contribution in [2.75, 3.05) is 17.2 Å². The van der Waals surface area contributed by atoms with E-state index in [9.17, 15) is 18.3 Å². The smallest absolute Gasteiger partial charge is 0.406 e. The van der Waals surface area contributed by atoms with Gasteiger partial charge in [0.25, 0.3) is 0 Å². The Hall–Kier alpha value is -3.33. The molecule has 0 saturated carbocycles. The number of anilines is 2. The molecule has 0 radical (unpaired) electrons. The van der Waals surface area contributed by atoms with E-state index in [-0.39, 0.29) is 24.3 Å². The molecule has 3 N–H and O–H groups in total. The summed E-state index contributed by atoms with van der Waals surface area (Å²) in [4.78, 5) is 8.76. The minimum atomic E-state index is -4.78. The second-order valence-corrected chi connectivity index (χ2v) is 6.60. The molecule has 3 rings (SSSR count). The van der Waals surface area contributed by atoms with Crippen LogP contribution in [0.2, 0.25) is 0 Å². The summed E-state index contributed by atoms with van der Waals surface area (Å²) in [7, 11) is 0. The Bertz CT molecular complexity index is 968. The Labute approximate surface area is 171 Å². The molecular formula is C21H21F3N4O2. The van der Waals surface area contributed by atoms with Crippen molar-refractivity contribution in [2.24, 2.45) is 0 Å². The lowest BCUT2D eigenvalue weighted by Crippen LogP contribution is -2.21. The third kappa shape index (κ3) is 6.35. The molecule has 30 heavy (non-hydrogen) atoms. The largest absolute Gasteiger partial charge is 0.573 e. The molecule has 0 aliphatic carbocycles. The summed E-state index contributed by atoms with van der Waals surface area (Å²) in [5.74, 6) is 0.390. The van der Waals surface area contributed by atoms with E-state index in [0.29, 0.717) is 23.6 Å². The summed E-state index contributed by atoms with van der Waals surface area (Å²) >= 11 is 0. The van der Waals surface area contributed by atoms with Crippen LogP contribution in [0.1, 0.15) is 12.5 Å². The van der Waals surface area contributed by atoms with E-state index in [2.05, 4.69) is 25.3 Å². The maximum absolute atomic E-state index is 12.6. The Morgan fingerprint density at radius 1 is 1.03 bits per heavy atom. The average Bonchev–Trinajstić information content (AvgIpc) is 2.72. The number of hydrogen-bond donors (Lipinski definition) is 3. The summed E-state index contributed by atoms with van der Waals surface area (Å²) in [6, 6.07) is 16.6. The van der Waals surface area contributed by atoms with Crippen molar-refractivity contribution in [3.05, 3.63) is 66.2 Å². The van der Waals surface area contributed by atoms with Crippen LogP contribution in [-0.4, -0.2) is 34.1 Å². The molecule has 9 heteroatoms. The van der Waals surface area contributed by atoms with Crippen molar-refractivity contribution >= 4 is 11.8 Å². The summed E-state index contributed by atoms with van der Waals surface area (Å²) in [6.07, 6.45) is -4.78. The van der Waals surface area contributed by atoms with Crippen LogP contribution in [0.25, 0.3) is 11.3 Å². The molecule has 1 heterocycles. The molecule has 1 atom stereocenters. The third-order valence-corrected chi connectivity index (χ3v) is 4.06. The minimum Gasteiger partial charge on any atom is -0.406 e. The van der Waals surface area contributed by atoms with Gasteiger partial charge in [0, 0.05) is 24.2 Å². The first-order valence-corrected chi connectivity index (χ1v) is 9.23. The highest BCUT2D eigenvalue weighted by Gasteiger charge is 2.31. The van der Waals surface area contributed by atoms with E-state index in [4.69, 9.17) is 0 Å². The maximum atomic E-state index is 12.6. The Balaban J connectivity index is 1.90. The van der Waals surface area contributed by atoms with E-state index >= 15 is 0 Å². The van der Waals surface area contributed by atoms with Crippen molar-refractivity contribution < 1.29 is 23.0 Å². The highest BCUT2D eigenvalue weighted by Crippen LogP contribution is 2.28. The molecule has 0 bridgehead atoms. The zero-order valence-electron chi connectivity index (χ0n) is 16.1. The second kappa shape index (κ2) is 9.45. The van der Waals surface area contributed by atoms with Crippen molar-refractivity contribution in [1.82, 2.24) is 9.97 Å². The number of halogens is 3. The zero-order chi connectivity index (χ0) is 21.6. The molecule has 0 saturated heterocycles. The lowest BCUT2D eigenvalue weighted by Gasteiger charge is -2.15. The van der Waals surface area contributed by atoms with Crippen LogP contribution in [0, 0.1) is 0 Å². The number of aromatic nitrogens is 2. The quantitative estimate of drug-likeness (QED) is 0.502. The van der Waals surface area contributed by atoms with Gasteiger partial charge in [0.15, 0.2) is 0 Å². The summed E-state index contributed by atoms with van der Waals surface area (Å²) in [5.41, 5.74) is 1.87. The summed E-state index contributed by atoms with van der Waals surface area (Å²) in [6.45, 7) is 2.13. The lowest BCUT2D eigenvalue weighted by atomic mass is 10.1. The Morgan fingerprint density at radius 3 is 2.50 bits per heavy atom. The fourth-order valence-corrected chi connectivity index (χ4v) is 2.66. The standard InChI is InChI=1S/C21H21F3N4O2/c1-14(13-29)26-20-27-18(16-8-5-9-17(10-16)30-21(22,23)24)11-19(28-20)25-12-15-6-3-2-4-7-15/h2-11,14,29H,12-13H2,1H3,(H2,25,26,27,28)/t14-/m0/s1. The van der Waals surface area contributed by atoms with E-state index in [1.165, 1.54) is 18.2 Å². The fourth-order valence-electron chi connectivity index (χ4n) is 2.66. The monoisotopic (exact) mass is 418 g/mol. The fraction of sp³-hybridized carbons (Fsp3) is 0.238. The van der Waals surface area contributed by atoms with Crippen molar-refractivity contribution in [2.45, 2.75) is 25.9 Å². The van der Waals surface area contributed by atoms with Gasteiger partial charge in [0.1, 0.15) is 11.6 Å². The molecule has 0 aliphatic heterocycles. The van der Waals surface area contributed by atoms with Gasteiger partial charge in [0.2, 0.25) is 5.95 Å². The van der Waals surface area contributed by atoms with E-state index in [1.807, 2.05) is 30.3 Å². The van der Waals surface area contributed by atoms with E-state index in [1.54, 1.807) is 19.1 Å². The normalized spacial score (nSPS) is 12.3. The molecule has 0 aliphatic rings. The molecule has 0 amide bonds. The van der Waals surface area contributed by atoms with E-state index < -0.39 is 6.36 Å². The van der Waals surface area contributed by atoms with Crippen molar-refractivity contribution in [3.8, 4) is 17.0 Å². The maximum Gasteiger partial charge on any atom is 0.573 e. The molecule has 0 unspecified atom stereocenters. The van der Waals surface area contributed by atoms with Crippen LogP contribution in [0.15, 0.2) is 60.7 Å². The van der Waals surface area contributed by atoms with Crippen LogP contribution in [0.5, 0.6) is 5.75 Å². The molecule has 2 aromatic carbocycles. The Morgan fingerprint density at radius 2 is 1.80 bits per heavy atom. The predicted molar refractivity (Wildman–Crippen MR) is 108 cm³/mol. The number of nitrogens with zero attached hydrogens (tertiary/aromatic N) is 2. The molecule has 3 aromatic rings. The van der Waals surface area contributed by atoms with Gasteiger partial charge in [-0.3, -0.25) is 0 Å². The van der Waals surface area contributed by atoms with Gasteiger partial charge in [-0.15, -0.1) is 13.2 Å². The first-order chi connectivity index (χ1) is 14.3. The molecule has 1 aromatic heterocycles. The second-order valence-electron chi connectivity index (χ2n) is 6.60. The third-order valence-electron chi connectivity index (χ3n) is 4.06. The summed E-state index contributed by atoms with van der Waals surface area (Å²) in [5, 5.41) is 15.5. The number of aliphatic hydroxyl groups excluding tert-OH is 1. The molecule has 158 valence electrons. The van der Waals surface area contributed by atoms with Crippen molar-refractivity contribution in [1.29, 1.82) is 0 Å². The summed E-state index contributed by atoms with van der Waals surface area (Å²) < 4.78 is 41.7. The van der Waals surface area contributed by atoms with Crippen LogP contribution in [0.4, 0.5) is 24.9 Å². The van der Waals surface area contributed by atoms with Gasteiger partial charge in [-0.05, 0) is 24.6 Å². The van der Waals surface area contributed by atoms with Crippen LogP contribution < -0.4 is 15.4 Å². The first kappa shape index (κ1) is 21.4. The number of rotatable bonds is 8. The Kier molecular flexibility index (Phi) is 6.73. The number of hydrogen-bond acceptors (Lipinski definition) is 6. The highest BCUT2D eigenvalue weighted by atomic mass is 19.4. The molecule has 0 fully saturated rings. The first-order valence-electron chi connectivity index (χ1n) is 9.23. The number of benzene rings is 2. The SMILES string of the molecule is C[C@@H](CO)Nc1nc(NCc2ccccc2)cc(-c2cccc(OC(F)(F)F)c2)n1. The van der Waals surface area contributed by atoms with E-state index in [0.717, 1.165) is 5.56 Å².